The Morgan fingerprint density at radius 2 is 1.74 bits per heavy atom. The molecule has 0 unspecified atom stereocenters. The zero-order valence-corrected chi connectivity index (χ0v) is 15.2. The van der Waals surface area contributed by atoms with Crippen molar-refractivity contribution in [3.8, 4) is 5.75 Å². The lowest BCUT2D eigenvalue weighted by atomic mass is 10.2. The maximum Gasteiger partial charge on any atom is 0.251 e. The molecule has 0 aliphatic carbocycles. The minimum Gasteiger partial charge on any atom is -0.497 e. The van der Waals surface area contributed by atoms with Crippen molar-refractivity contribution >= 4 is 11.9 Å². The number of rotatable bonds is 7. The number of guanidine groups is 1. The quantitative estimate of drug-likeness (QED) is 0.393. The highest BCUT2D eigenvalue weighted by molar-refractivity contribution is 5.94. The number of amides is 1. The molecule has 0 atom stereocenters. The Kier molecular flexibility index (Phi) is 7.54. The summed E-state index contributed by atoms with van der Waals surface area (Å²) in [6, 6.07) is 10.1. The van der Waals surface area contributed by atoms with E-state index < -0.39 is 11.6 Å². The number of hydrogen-bond acceptors (Lipinski definition) is 3. The number of halogens is 2. The van der Waals surface area contributed by atoms with E-state index in [0.29, 0.717) is 30.4 Å². The summed E-state index contributed by atoms with van der Waals surface area (Å²) in [4.78, 5) is 16.0. The smallest absolute Gasteiger partial charge is 0.251 e. The van der Waals surface area contributed by atoms with Crippen molar-refractivity contribution in [1.82, 2.24) is 16.0 Å². The van der Waals surface area contributed by atoms with Gasteiger partial charge in [-0.15, -0.1) is 0 Å². The van der Waals surface area contributed by atoms with E-state index in [4.69, 9.17) is 4.74 Å². The molecule has 0 fully saturated rings. The van der Waals surface area contributed by atoms with E-state index in [9.17, 15) is 13.6 Å². The first-order valence-electron chi connectivity index (χ1n) is 8.34. The van der Waals surface area contributed by atoms with Gasteiger partial charge in [-0.3, -0.25) is 9.79 Å². The molecule has 6 nitrogen and oxygen atoms in total. The summed E-state index contributed by atoms with van der Waals surface area (Å²) >= 11 is 0. The van der Waals surface area contributed by atoms with Gasteiger partial charge in [-0.1, -0.05) is 0 Å². The van der Waals surface area contributed by atoms with Crippen LogP contribution in [0.3, 0.4) is 0 Å². The van der Waals surface area contributed by atoms with Crippen LogP contribution in [-0.2, 0) is 6.54 Å². The Labute approximate surface area is 156 Å². The molecule has 0 spiro atoms. The van der Waals surface area contributed by atoms with E-state index in [-0.39, 0.29) is 18.0 Å². The number of benzene rings is 2. The molecule has 3 N–H and O–H groups in total. The van der Waals surface area contributed by atoms with Crippen LogP contribution in [0.4, 0.5) is 8.78 Å². The largest absolute Gasteiger partial charge is 0.497 e. The molecule has 0 bridgehead atoms. The van der Waals surface area contributed by atoms with Gasteiger partial charge in [-0.2, -0.15) is 0 Å². The Morgan fingerprint density at radius 3 is 2.41 bits per heavy atom. The number of methoxy groups -OCH3 is 1. The molecule has 1 amide bonds. The third-order valence-electron chi connectivity index (χ3n) is 3.73. The van der Waals surface area contributed by atoms with Gasteiger partial charge in [0, 0.05) is 37.8 Å². The summed E-state index contributed by atoms with van der Waals surface area (Å²) in [7, 11) is 3.12. The lowest BCUT2D eigenvalue weighted by Gasteiger charge is -2.13. The van der Waals surface area contributed by atoms with Crippen molar-refractivity contribution in [2.24, 2.45) is 4.99 Å². The summed E-state index contributed by atoms with van der Waals surface area (Å²) in [5.41, 5.74) is 0.727. The molecule has 0 heterocycles. The summed E-state index contributed by atoms with van der Waals surface area (Å²) in [6.07, 6.45) is 0. The highest BCUT2D eigenvalue weighted by Crippen LogP contribution is 2.11. The zero-order valence-electron chi connectivity index (χ0n) is 15.2. The molecule has 0 radical (unpaired) electrons. The topological polar surface area (TPSA) is 74.8 Å². The fourth-order valence-electron chi connectivity index (χ4n) is 2.28. The van der Waals surface area contributed by atoms with Crippen LogP contribution in [0.1, 0.15) is 15.9 Å². The predicted molar refractivity (Wildman–Crippen MR) is 99.9 cm³/mol. The third-order valence-corrected chi connectivity index (χ3v) is 3.73. The SMILES string of the molecule is CN=C(NCCNC(=O)c1ccc(OC)cc1)NCc1cc(F)ccc1F. The fourth-order valence-corrected chi connectivity index (χ4v) is 2.28. The highest BCUT2D eigenvalue weighted by Gasteiger charge is 2.07. The van der Waals surface area contributed by atoms with Crippen LogP contribution in [-0.4, -0.2) is 39.1 Å². The van der Waals surface area contributed by atoms with E-state index in [1.165, 1.54) is 0 Å². The second-order valence-corrected chi connectivity index (χ2v) is 5.57. The van der Waals surface area contributed by atoms with Crippen LogP contribution in [0.15, 0.2) is 47.5 Å². The van der Waals surface area contributed by atoms with Gasteiger partial charge in [0.2, 0.25) is 0 Å². The maximum absolute atomic E-state index is 13.6. The monoisotopic (exact) mass is 376 g/mol. The van der Waals surface area contributed by atoms with Gasteiger partial charge < -0.3 is 20.7 Å². The first kappa shape index (κ1) is 20.2. The normalized spacial score (nSPS) is 11.0. The van der Waals surface area contributed by atoms with Gasteiger partial charge in [-0.25, -0.2) is 8.78 Å². The Morgan fingerprint density at radius 1 is 1.04 bits per heavy atom. The van der Waals surface area contributed by atoms with E-state index in [2.05, 4.69) is 20.9 Å². The number of nitrogens with one attached hydrogen (secondary N) is 3. The van der Waals surface area contributed by atoms with Crippen molar-refractivity contribution in [2.75, 3.05) is 27.2 Å². The van der Waals surface area contributed by atoms with E-state index in [1.807, 2.05) is 0 Å². The Hall–Kier alpha value is -3.16. The van der Waals surface area contributed by atoms with Crippen molar-refractivity contribution in [3.63, 3.8) is 0 Å². The minimum absolute atomic E-state index is 0.0848. The first-order chi connectivity index (χ1) is 13.0. The third kappa shape index (κ3) is 6.25. The minimum atomic E-state index is -0.502. The van der Waals surface area contributed by atoms with Gasteiger partial charge in [-0.05, 0) is 42.5 Å². The molecule has 8 heteroatoms. The summed E-state index contributed by atoms with van der Waals surface area (Å²) < 4.78 is 31.8. The van der Waals surface area contributed by atoms with Gasteiger partial charge in [0.25, 0.3) is 5.91 Å². The van der Waals surface area contributed by atoms with E-state index in [1.54, 1.807) is 38.4 Å². The average Bonchev–Trinajstić information content (AvgIpc) is 2.69. The van der Waals surface area contributed by atoms with Crippen LogP contribution in [0.5, 0.6) is 5.75 Å². The van der Waals surface area contributed by atoms with Crippen molar-refractivity contribution in [2.45, 2.75) is 6.54 Å². The van der Waals surface area contributed by atoms with E-state index in [0.717, 1.165) is 18.2 Å². The number of carbonyl (C=O) groups excluding carboxylic acids is 1. The van der Waals surface area contributed by atoms with Gasteiger partial charge >= 0.3 is 0 Å². The number of nitrogens with zero attached hydrogens (tertiary/aromatic N) is 1. The second kappa shape index (κ2) is 10.1. The highest BCUT2D eigenvalue weighted by atomic mass is 19.1. The zero-order chi connectivity index (χ0) is 19.6. The molecule has 0 aromatic heterocycles. The van der Waals surface area contributed by atoms with Gasteiger partial charge in [0.05, 0.1) is 7.11 Å². The van der Waals surface area contributed by atoms with Crippen LogP contribution in [0.2, 0.25) is 0 Å². The maximum atomic E-state index is 13.6. The predicted octanol–water partition coefficient (Wildman–Crippen LogP) is 2.07. The molecule has 0 saturated heterocycles. The molecular weight excluding hydrogens is 354 g/mol. The molecule has 27 heavy (non-hydrogen) atoms. The number of ether oxygens (including phenoxy) is 1. The summed E-state index contributed by atoms with van der Waals surface area (Å²) in [5.74, 6) is -0.108. The van der Waals surface area contributed by atoms with Crippen LogP contribution in [0.25, 0.3) is 0 Å². The Bertz CT molecular complexity index is 795. The first-order valence-corrected chi connectivity index (χ1v) is 8.34. The average molecular weight is 376 g/mol. The number of aliphatic imine (C=N–C) groups is 1. The summed E-state index contributed by atoms with van der Waals surface area (Å²) in [6.45, 7) is 0.856. The lowest BCUT2D eigenvalue weighted by Crippen LogP contribution is -2.41. The molecule has 0 aliphatic heterocycles. The standard InChI is InChI=1S/C19H22F2N4O2/c1-22-19(25-12-14-11-15(20)5-8-17(14)21)24-10-9-23-18(26)13-3-6-16(27-2)7-4-13/h3-8,11H,9-10,12H2,1-2H3,(H,23,26)(H2,22,24,25). The van der Waals surface area contributed by atoms with Crippen LogP contribution < -0.4 is 20.7 Å². The Balaban J connectivity index is 1.74. The van der Waals surface area contributed by atoms with Gasteiger partial charge in [0.15, 0.2) is 5.96 Å². The molecule has 0 aliphatic rings. The molecule has 2 rings (SSSR count). The fraction of sp³-hybridized carbons (Fsp3) is 0.263. The van der Waals surface area contributed by atoms with Crippen molar-refractivity contribution in [1.29, 1.82) is 0 Å². The molecule has 2 aromatic rings. The summed E-state index contributed by atoms with van der Waals surface area (Å²) in [5, 5.41) is 8.65. The second-order valence-electron chi connectivity index (χ2n) is 5.57. The number of hydrogen-bond donors (Lipinski definition) is 3. The van der Waals surface area contributed by atoms with Crippen molar-refractivity contribution in [3.05, 3.63) is 65.2 Å². The van der Waals surface area contributed by atoms with Crippen LogP contribution >= 0.6 is 0 Å². The van der Waals surface area contributed by atoms with Gasteiger partial charge in [0.1, 0.15) is 17.4 Å². The molecule has 144 valence electrons. The van der Waals surface area contributed by atoms with E-state index >= 15 is 0 Å². The van der Waals surface area contributed by atoms with Crippen LogP contribution in [0, 0.1) is 11.6 Å². The number of carbonyl (C=O) groups is 1. The lowest BCUT2D eigenvalue weighted by molar-refractivity contribution is 0.0954. The molecule has 2 aromatic carbocycles. The molecular formula is C19H22F2N4O2. The van der Waals surface area contributed by atoms with Crippen molar-refractivity contribution < 1.29 is 18.3 Å². The molecule has 0 saturated carbocycles.